The Labute approximate surface area is 258 Å². The van der Waals surface area contributed by atoms with Gasteiger partial charge in [0.05, 0.1) is 24.5 Å². The zero-order chi connectivity index (χ0) is 31.3. The van der Waals surface area contributed by atoms with Crippen LogP contribution in [0.2, 0.25) is 0 Å². The molecule has 1 aromatic heterocycles. The molecule has 5 rings (SSSR count). The molecule has 3 aromatic carbocycles. The molecule has 0 N–H and O–H groups in total. The van der Waals surface area contributed by atoms with Crippen LogP contribution in [0.1, 0.15) is 56.3 Å². The van der Waals surface area contributed by atoms with E-state index in [9.17, 15) is 14.4 Å². The molecule has 2 heterocycles. The first-order chi connectivity index (χ1) is 21.1. The molecule has 1 atom stereocenters. The first-order valence-corrected chi connectivity index (χ1v) is 15.1. The number of likely N-dealkylation sites (tertiary alicyclic amines) is 1. The number of hydrogen-bond acceptors (Lipinski definition) is 7. The first-order valence-electron chi connectivity index (χ1n) is 15.1. The number of likely N-dealkylation sites (N-methyl/N-ethyl adjacent to an activating group) is 1. The van der Waals surface area contributed by atoms with Crippen molar-refractivity contribution < 1.29 is 23.5 Å². The molecule has 0 spiro atoms. The van der Waals surface area contributed by atoms with Crippen LogP contribution in [0.3, 0.4) is 0 Å². The highest BCUT2D eigenvalue weighted by atomic mass is 16.6. The van der Waals surface area contributed by atoms with E-state index in [2.05, 4.69) is 4.90 Å². The molecule has 1 saturated heterocycles. The molecule has 0 saturated carbocycles. The lowest BCUT2D eigenvalue weighted by Gasteiger charge is -2.32. The lowest BCUT2D eigenvalue weighted by atomic mass is 10.0. The van der Waals surface area contributed by atoms with Gasteiger partial charge in [0.1, 0.15) is 11.4 Å². The second-order valence-corrected chi connectivity index (χ2v) is 12.4. The van der Waals surface area contributed by atoms with Crippen molar-refractivity contribution in [3.63, 3.8) is 0 Å². The number of aromatic nitrogens is 1. The lowest BCUT2D eigenvalue weighted by Crippen LogP contribution is -2.39. The molecule has 0 unspecified atom stereocenters. The number of amides is 1. The topological polar surface area (TPSA) is 94.2 Å². The quantitative estimate of drug-likeness (QED) is 0.219. The second-order valence-electron chi connectivity index (χ2n) is 12.4. The van der Waals surface area contributed by atoms with Crippen molar-refractivity contribution in [2.45, 2.75) is 58.2 Å². The molecule has 1 amide bonds. The fourth-order valence-corrected chi connectivity index (χ4v) is 5.59. The molecule has 9 heteroatoms. The van der Waals surface area contributed by atoms with Crippen molar-refractivity contribution in [1.29, 1.82) is 0 Å². The van der Waals surface area contributed by atoms with Gasteiger partial charge >= 0.3 is 11.7 Å². The fourth-order valence-electron chi connectivity index (χ4n) is 5.59. The van der Waals surface area contributed by atoms with Crippen molar-refractivity contribution in [2.24, 2.45) is 0 Å². The number of hydrogen-bond donors (Lipinski definition) is 0. The van der Waals surface area contributed by atoms with Crippen molar-refractivity contribution in [1.82, 2.24) is 14.4 Å². The molecule has 0 radical (unpaired) electrons. The summed E-state index contributed by atoms with van der Waals surface area (Å²) in [5.74, 6) is -0.368. The normalized spacial score (nSPS) is 14.5. The van der Waals surface area contributed by atoms with E-state index in [0.29, 0.717) is 29.9 Å². The van der Waals surface area contributed by atoms with Gasteiger partial charge in [0, 0.05) is 13.6 Å². The Balaban J connectivity index is 1.34. The van der Waals surface area contributed by atoms with Crippen LogP contribution < -0.4 is 10.5 Å². The maximum atomic E-state index is 13.8. The smallest absolute Gasteiger partial charge is 0.420 e. The summed E-state index contributed by atoms with van der Waals surface area (Å²) in [7, 11) is 1.83. The van der Waals surface area contributed by atoms with Gasteiger partial charge in [-0.25, -0.2) is 9.59 Å². The Bertz CT molecular complexity index is 1650. The van der Waals surface area contributed by atoms with Gasteiger partial charge in [-0.3, -0.25) is 9.36 Å². The SMILES string of the molecule is CN(C(=O)Cc1ccc2oc(=O)n(Cc3ccccc3)c2c1)[C@H](CN1CCCC1)c1cccc(OCC(=O)OC(C)(C)C)c1. The van der Waals surface area contributed by atoms with Crippen LogP contribution >= 0.6 is 0 Å². The third-order valence-corrected chi connectivity index (χ3v) is 7.78. The highest BCUT2D eigenvalue weighted by Gasteiger charge is 2.27. The molecular formula is C35H41N3O6. The summed E-state index contributed by atoms with van der Waals surface area (Å²) in [5.41, 5.74) is 3.28. The molecule has 44 heavy (non-hydrogen) atoms. The van der Waals surface area contributed by atoms with Crippen LogP contribution in [0.5, 0.6) is 5.75 Å². The summed E-state index contributed by atoms with van der Waals surface area (Å²) in [6.45, 7) is 8.31. The summed E-state index contributed by atoms with van der Waals surface area (Å²) in [5, 5.41) is 0. The van der Waals surface area contributed by atoms with Crippen LogP contribution in [0.25, 0.3) is 11.1 Å². The predicted octanol–water partition coefficient (Wildman–Crippen LogP) is 5.20. The van der Waals surface area contributed by atoms with E-state index in [0.717, 1.165) is 42.6 Å². The van der Waals surface area contributed by atoms with Crippen LogP contribution in [0.15, 0.2) is 82.0 Å². The number of benzene rings is 3. The van der Waals surface area contributed by atoms with Gasteiger partial charge in [-0.05, 0) is 87.7 Å². The second kappa shape index (κ2) is 13.5. The maximum absolute atomic E-state index is 13.8. The molecule has 0 aliphatic carbocycles. The summed E-state index contributed by atoms with van der Waals surface area (Å²) in [6, 6.07) is 22.5. The van der Waals surface area contributed by atoms with E-state index < -0.39 is 17.3 Å². The third kappa shape index (κ3) is 7.96. The zero-order valence-electron chi connectivity index (χ0n) is 26.0. The number of oxazole rings is 1. The van der Waals surface area contributed by atoms with E-state index in [1.807, 2.05) is 88.5 Å². The number of carbonyl (C=O) groups is 2. The summed E-state index contributed by atoms with van der Waals surface area (Å²) < 4.78 is 18.2. The molecule has 1 aliphatic rings. The van der Waals surface area contributed by atoms with Gasteiger partial charge in [0.15, 0.2) is 12.2 Å². The molecular weight excluding hydrogens is 558 g/mol. The minimum atomic E-state index is -0.590. The van der Waals surface area contributed by atoms with Gasteiger partial charge in [-0.15, -0.1) is 0 Å². The minimum absolute atomic E-state index is 0.0472. The predicted molar refractivity (Wildman–Crippen MR) is 169 cm³/mol. The largest absolute Gasteiger partial charge is 0.482 e. The number of esters is 1. The van der Waals surface area contributed by atoms with Gasteiger partial charge < -0.3 is 23.7 Å². The van der Waals surface area contributed by atoms with Crippen LogP contribution in [0.4, 0.5) is 0 Å². The molecule has 1 aliphatic heterocycles. The number of nitrogens with zero attached hydrogens (tertiary/aromatic N) is 3. The molecule has 4 aromatic rings. The number of ether oxygens (including phenoxy) is 2. The van der Waals surface area contributed by atoms with Crippen molar-refractivity contribution in [3.05, 3.63) is 100 Å². The van der Waals surface area contributed by atoms with E-state index in [1.165, 1.54) is 0 Å². The van der Waals surface area contributed by atoms with Gasteiger partial charge in [0.2, 0.25) is 5.91 Å². The van der Waals surface area contributed by atoms with Gasteiger partial charge in [-0.2, -0.15) is 0 Å². The maximum Gasteiger partial charge on any atom is 0.420 e. The first kappa shape index (κ1) is 31.1. The minimum Gasteiger partial charge on any atom is -0.482 e. The Kier molecular flexibility index (Phi) is 9.54. The number of rotatable bonds is 11. The molecule has 9 nitrogen and oxygen atoms in total. The summed E-state index contributed by atoms with van der Waals surface area (Å²) in [4.78, 5) is 42.8. The standard InChI is InChI=1S/C35H41N3O6/c1-35(2,3)44-33(40)24-42-28-14-10-13-27(21-28)30(23-37-17-8-9-18-37)36(4)32(39)20-26-15-16-31-29(19-26)38(34(41)43-31)22-25-11-6-5-7-12-25/h5-7,10-16,19,21,30H,8-9,17-18,20,22-24H2,1-4H3/t30-/m1/s1. The highest BCUT2D eigenvalue weighted by Crippen LogP contribution is 2.27. The van der Waals surface area contributed by atoms with Gasteiger partial charge in [-0.1, -0.05) is 48.5 Å². The number of fused-ring (bicyclic) bond motifs is 1. The third-order valence-electron chi connectivity index (χ3n) is 7.78. The Hall–Kier alpha value is -4.37. The van der Waals surface area contributed by atoms with Crippen molar-refractivity contribution in [2.75, 3.05) is 33.3 Å². The fraction of sp³-hybridized carbons (Fsp3) is 0.400. The van der Waals surface area contributed by atoms with Gasteiger partial charge in [0.25, 0.3) is 0 Å². The average Bonchev–Trinajstić information content (AvgIpc) is 3.61. The Morgan fingerprint density at radius 3 is 2.43 bits per heavy atom. The van der Waals surface area contributed by atoms with Crippen molar-refractivity contribution >= 4 is 23.0 Å². The lowest BCUT2D eigenvalue weighted by molar-refractivity contribution is -0.157. The summed E-state index contributed by atoms with van der Waals surface area (Å²) >= 11 is 0. The van der Waals surface area contributed by atoms with E-state index in [-0.39, 0.29) is 25.0 Å². The van der Waals surface area contributed by atoms with Crippen LogP contribution in [-0.4, -0.2) is 65.1 Å². The van der Waals surface area contributed by atoms with Crippen LogP contribution in [-0.2, 0) is 27.3 Å². The van der Waals surface area contributed by atoms with E-state index in [1.54, 1.807) is 21.6 Å². The summed E-state index contributed by atoms with van der Waals surface area (Å²) in [6.07, 6.45) is 2.44. The molecule has 232 valence electrons. The molecule has 0 bridgehead atoms. The van der Waals surface area contributed by atoms with Crippen LogP contribution in [0, 0.1) is 0 Å². The number of carbonyl (C=O) groups excluding carboxylic acids is 2. The monoisotopic (exact) mass is 599 g/mol. The zero-order valence-corrected chi connectivity index (χ0v) is 26.0. The highest BCUT2D eigenvalue weighted by molar-refractivity contribution is 5.81. The van der Waals surface area contributed by atoms with Crippen molar-refractivity contribution in [3.8, 4) is 5.75 Å². The Morgan fingerprint density at radius 1 is 0.955 bits per heavy atom. The van der Waals surface area contributed by atoms with E-state index >= 15 is 0 Å². The molecule has 1 fully saturated rings. The average molecular weight is 600 g/mol. The van der Waals surface area contributed by atoms with E-state index in [4.69, 9.17) is 13.9 Å². The Morgan fingerprint density at radius 2 is 1.70 bits per heavy atom.